The Labute approximate surface area is 161 Å². The van der Waals surface area contributed by atoms with Crippen molar-refractivity contribution in [2.24, 2.45) is 22.7 Å². The molecule has 1 heterocycles. The van der Waals surface area contributed by atoms with Gasteiger partial charge in [0.15, 0.2) is 0 Å². The van der Waals surface area contributed by atoms with Gasteiger partial charge < -0.3 is 14.3 Å². The summed E-state index contributed by atoms with van der Waals surface area (Å²) in [6.45, 7) is 9.57. The number of esters is 1. The number of furan rings is 1. The zero-order valence-electron chi connectivity index (χ0n) is 17.1. The highest BCUT2D eigenvalue weighted by Gasteiger charge is 2.65. The van der Waals surface area contributed by atoms with Crippen molar-refractivity contribution in [1.82, 2.24) is 0 Å². The van der Waals surface area contributed by atoms with Crippen LogP contribution in [-0.2, 0) is 20.7 Å². The summed E-state index contributed by atoms with van der Waals surface area (Å²) in [4.78, 5) is 24.5. The van der Waals surface area contributed by atoms with Crippen LogP contribution in [0.5, 0.6) is 0 Å². The fourth-order valence-electron chi connectivity index (χ4n) is 5.85. The molecule has 1 aromatic rings. The van der Waals surface area contributed by atoms with Gasteiger partial charge in [-0.1, -0.05) is 27.7 Å². The fourth-order valence-corrected chi connectivity index (χ4v) is 5.85. The third-order valence-electron chi connectivity index (χ3n) is 7.70. The average molecular weight is 376 g/mol. The van der Waals surface area contributed by atoms with Crippen LogP contribution in [0.3, 0.4) is 0 Å². The Morgan fingerprint density at radius 2 is 2.07 bits per heavy atom. The Balaban J connectivity index is 1.95. The predicted octanol–water partition coefficient (Wildman–Crippen LogP) is 3.93. The van der Waals surface area contributed by atoms with E-state index in [2.05, 4.69) is 20.8 Å². The lowest BCUT2D eigenvalue weighted by Crippen LogP contribution is -2.67. The predicted molar refractivity (Wildman–Crippen MR) is 101 cm³/mol. The van der Waals surface area contributed by atoms with Gasteiger partial charge in [-0.15, -0.1) is 0 Å². The van der Waals surface area contributed by atoms with Crippen LogP contribution >= 0.6 is 0 Å². The van der Waals surface area contributed by atoms with Crippen molar-refractivity contribution in [2.75, 3.05) is 0 Å². The maximum absolute atomic E-state index is 12.9. The van der Waals surface area contributed by atoms with E-state index in [1.54, 1.807) is 12.5 Å². The Bertz CT molecular complexity index is 706. The van der Waals surface area contributed by atoms with E-state index in [1.807, 2.05) is 13.0 Å². The molecule has 2 aliphatic carbocycles. The standard InChI is InChI=1S/C22H32O5/c1-14-17(24)12-18-20(3,4)19(27-15(2)23)7-9-21(18,5)22(14,25)10-6-16-8-11-26-13-16/h8,11,13-14,18-19,25H,6-7,9-10,12H2,1-5H3/t14-,18-,19-,21-,22+/m0/s1. The van der Waals surface area contributed by atoms with Crippen LogP contribution in [0.4, 0.5) is 0 Å². The molecular formula is C22H32O5. The second-order valence-electron chi connectivity index (χ2n) is 9.38. The Morgan fingerprint density at radius 3 is 2.67 bits per heavy atom. The highest BCUT2D eigenvalue weighted by atomic mass is 16.5. The molecule has 0 amide bonds. The second-order valence-corrected chi connectivity index (χ2v) is 9.38. The van der Waals surface area contributed by atoms with Crippen LogP contribution in [-0.4, -0.2) is 28.6 Å². The van der Waals surface area contributed by atoms with Gasteiger partial charge in [0, 0.05) is 30.1 Å². The van der Waals surface area contributed by atoms with Gasteiger partial charge in [-0.25, -0.2) is 0 Å². The van der Waals surface area contributed by atoms with E-state index in [1.165, 1.54) is 6.92 Å². The number of ether oxygens (including phenoxy) is 1. The van der Waals surface area contributed by atoms with Crippen molar-refractivity contribution in [3.63, 3.8) is 0 Å². The normalized spacial score (nSPS) is 38.3. The number of ketones is 1. The molecule has 27 heavy (non-hydrogen) atoms. The number of fused-ring (bicyclic) bond motifs is 1. The van der Waals surface area contributed by atoms with Gasteiger partial charge in [0.05, 0.1) is 18.1 Å². The van der Waals surface area contributed by atoms with Crippen LogP contribution < -0.4 is 0 Å². The van der Waals surface area contributed by atoms with Gasteiger partial charge in [-0.05, 0) is 43.2 Å². The molecular weight excluding hydrogens is 344 g/mol. The first-order chi connectivity index (χ1) is 12.5. The van der Waals surface area contributed by atoms with Crippen LogP contribution in [0.25, 0.3) is 0 Å². The molecule has 2 aliphatic rings. The molecule has 0 saturated heterocycles. The molecule has 0 unspecified atom stereocenters. The third-order valence-corrected chi connectivity index (χ3v) is 7.70. The minimum absolute atomic E-state index is 0.0406. The summed E-state index contributed by atoms with van der Waals surface area (Å²) in [6.07, 6.45) is 6.14. The number of Topliss-reactive ketones (excluding diaryl/α,β-unsaturated/α-hetero) is 1. The van der Waals surface area contributed by atoms with Crippen molar-refractivity contribution >= 4 is 11.8 Å². The van der Waals surface area contributed by atoms with Gasteiger partial charge in [-0.2, -0.15) is 0 Å². The summed E-state index contributed by atoms with van der Waals surface area (Å²) in [5, 5.41) is 11.9. The quantitative estimate of drug-likeness (QED) is 0.806. The number of aliphatic hydroxyl groups is 1. The van der Waals surface area contributed by atoms with Gasteiger partial charge in [0.1, 0.15) is 11.9 Å². The monoisotopic (exact) mass is 376 g/mol. The molecule has 0 radical (unpaired) electrons. The lowest BCUT2D eigenvalue weighted by Gasteiger charge is -2.63. The fraction of sp³-hybridized carbons (Fsp3) is 0.727. The van der Waals surface area contributed by atoms with E-state index in [4.69, 9.17) is 9.15 Å². The van der Waals surface area contributed by atoms with Crippen molar-refractivity contribution in [3.8, 4) is 0 Å². The SMILES string of the molecule is CC(=O)O[C@H]1CC[C@@]2(C)[C@@H](CC(=O)[C@H](C)[C@]2(O)CCc2ccoc2)C1(C)C. The van der Waals surface area contributed by atoms with E-state index in [9.17, 15) is 14.7 Å². The molecule has 0 bridgehead atoms. The highest BCUT2D eigenvalue weighted by molar-refractivity contribution is 5.83. The molecule has 1 aromatic heterocycles. The molecule has 1 N–H and O–H groups in total. The highest BCUT2D eigenvalue weighted by Crippen LogP contribution is 2.63. The minimum Gasteiger partial charge on any atom is -0.472 e. The largest absolute Gasteiger partial charge is 0.472 e. The van der Waals surface area contributed by atoms with E-state index in [0.717, 1.165) is 12.0 Å². The minimum atomic E-state index is -1.09. The molecule has 5 nitrogen and oxygen atoms in total. The molecule has 5 atom stereocenters. The second kappa shape index (κ2) is 6.77. The van der Waals surface area contributed by atoms with E-state index >= 15 is 0 Å². The van der Waals surface area contributed by atoms with Gasteiger partial charge in [0.25, 0.3) is 0 Å². The Hall–Kier alpha value is -1.62. The van der Waals surface area contributed by atoms with E-state index < -0.39 is 16.9 Å². The molecule has 0 spiro atoms. The molecule has 0 aromatic carbocycles. The first-order valence-corrected chi connectivity index (χ1v) is 9.96. The summed E-state index contributed by atoms with van der Waals surface area (Å²) < 4.78 is 10.8. The van der Waals surface area contributed by atoms with Crippen LogP contribution in [0.15, 0.2) is 23.0 Å². The summed E-state index contributed by atoms with van der Waals surface area (Å²) in [7, 11) is 0. The topological polar surface area (TPSA) is 76.7 Å². The number of rotatable bonds is 4. The lowest BCUT2D eigenvalue weighted by atomic mass is 9.43. The Morgan fingerprint density at radius 1 is 1.37 bits per heavy atom. The first-order valence-electron chi connectivity index (χ1n) is 9.96. The van der Waals surface area contributed by atoms with E-state index in [-0.39, 0.29) is 29.2 Å². The summed E-state index contributed by atoms with van der Waals surface area (Å²) in [5.41, 5.74) is -0.855. The van der Waals surface area contributed by atoms with Gasteiger partial charge in [-0.3, -0.25) is 9.59 Å². The number of aryl methyl sites for hydroxylation is 1. The van der Waals surface area contributed by atoms with Crippen molar-refractivity contribution in [1.29, 1.82) is 0 Å². The van der Waals surface area contributed by atoms with Gasteiger partial charge >= 0.3 is 5.97 Å². The van der Waals surface area contributed by atoms with E-state index in [0.29, 0.717) is 25.7 Å². The molecule has 3 rings (SSSR count). The lowest BCUT2D eigenvalue weighted by molar-refractivity contribution is -0.230. The number of carbonyl (C=O) groups excluding carboxylic acids is 2. The number of hydrogen-bond acceptors (Lipinski definition) is 5. The third kappa shape index (κ3) is 3.14. The number of hydrogen-bond donors (Lipinski definition) is 1. The zero-order chi connectivity index (χ0) is 20.0. The molecule has 150 valence electrons. The Kier molecular flexibility index (Phi) is 5.04. The van der Waals surface area contributed by atoms with Crippen LogP contribution in [0, 0.1) is 22.7 Å². The van der Waals surface area contributed by atoms with Crippen LogP contribution in [0.2, 0.25) is 0 Å². The summed E-state index contributed by atoms with van der Waals surface area (Å²) in [5.74, 6) is -0.640. The maximum Gasteiger partial charge on any atom is 0.302 e. The average Bonchev–Trinajstić information content (AvgIpc) is 3.10. The summed E-state index contributed by atoms with van der Waals surface area (Å²) >= 11 is 0. The van der Waals surface area contributed by atoms with Gasteiger partial charge in [0.2, 0.25) is 0 Å². The molecule has 2 saturated carbocycles. The summed E-state index contributed by atoms with van der Waals surface area (Å²) in [6, 6.07) is 1.90. The smallest absolute Gasteiger partial charge is 0.302 e. The maximum atomic E-state index is 12.9. The molecule has 0 aliphatic heterocycles. The molecule has 2 fully saturated rings. The van der Waals surface area contributed by atoms with Crippen molar-refractivity contribution in [2.45, 2.75) is 78.4 Å². The first kappa shape index (κ1) is 20.1. The molecule has 5 heteroatoms. The van der Waals surface area contributed by atoms with Crippen molar-refractivity contribution < 1.29 is 23.8 Å². The zero-order valence-corrected chi connectivity index (χ0v) is 17.1. The number of carbonyl (C=O) groups is 2. The van der Waals surface area contributed by atoms with Crippen molar-refractivity contribution in [3.05, 3.63) is 24.2 Å². The van der Waals surface area contributed by atoms with Crippen LogP contribution in [0.1, 0.15) is 65.9 Å².